The Kier molecular flexibility index (Phi) is 3.72. The van der Waals surface area contributed by atoms with Crippen molar-refractivity contribution in [2.45, 2.75) is 25.2 Å². The van der Waals surface area contributed by atoms with Gasteiger partial charge in [0.25, 0.3) is 0 Å². The van der Waals surface area contributed by atoms with Crippen LogP contribution in [0.15, 0.2) is 30.3 Å². The normalized spacial score (nSPS) is 25.7. The van der Waals surface area contributed by atoms with Crippen LogP contribution in [0.4, 0.5) is 0 Å². The van der Waals surface area contributed by atoms with Gasteiger partial charge in [0, 0.05) is 6.61 Å². The second-order valence-electron chi connectivity index (χ2n) is 3.77. The van der Waals surface area contributed by atoms with Gasteiger partial charge >= 0.3 is 0 Å². The first kappa shape index (κ1) is 10.6. The molecular formula is C12H16O3. The maximum Gasteiger partial charge on any atom is 0.107 e. The number of rotatable bonds is 4. The first-order valence-electron chi connectivity index (χ1n) is 5.27. The van der Waals surface area contributed by atoms with E-state index in [4.69, 9.17) is 9.47 Å². The lowest BCUT2D eigenvalue weighted by Gasteiger charge is -2.13. The zero-order valence-electron chi connectivity index (χ0n) is 8.63. The van der Waals surface area contributed by atoms with Gasteiger partial charge in [-0.05, 0) is 12.0 Å². The number of ether oxygens (including phenoxy) is 2. The summed E-state index contributed by atoms with van der Waals surface area (Å²) in [5, 5.41) is 9.48. The molecule has 1 aliphatic heterocycles. The van der Waals surface area contributed by atoms with Crippen LogP contribution in [-0.4, -0.2) is 30.5 Å². The molecule has 1 aromatic carbocycles. The summed E-state index contributed by atoms with van der Waals surface area (Å²) in [6.45, 7) is 1.68. The molecule has 1 aliphatic rings. The minimum Gasteiger partial charge on any atom is -0.390 e. The third-order valence-electron chi connectivity index (χ3n) is 2.57. The molecule has 3 heteroatoms. The van der Waals surface area contributed by atoms with E-state index in [-0.39, 0.29) is 12.2 Å². The average Bonchev–Trinajstić information content (AvgIpc) is 2.66. The first-order chi connectivity index (χ1) is 7.36. The molecule has 15 heavy (non-hydrogen) atoms. The van der Waals surface area contributed by atoms with Crippen molar-refractivity contribution in [3.63, 3.8) is 0 Å². The van der Waals surface area contributed by atoms with E-state index >= 15 is 0 Å². The quantitative estimate of drug-likeness (QED) is 0.811. The zero-order chi connectivity index (χ0) is 10.5. The van der Waals surface area contributed by atoms with Crippen molar-refractivity contribution >= 4 is 0 Å². The highest BCUT2D eigenvalue weighted by Crippen LogP contribution is 2.14. The van der Waals surface area contributed by atoms with E-state index in [2.05, 4.69) is 0 Å². The minimum absolute atomic E-state index is 0.145. The molecule has 0 saturated carbocycles. The van der Waals surface area contributed by atoms with Gasteiger partial charge in [0.1, 0.15) is 6.10 Å². The van der Waals surface area contributed by atoms with Crippen molar-refractivity contribution < 1.29 is 14.6 Å². The maximum absolute atomic E-state index is 9.48. The van der Waals surface area contributed by atoms with Gasteiger partial charge in [0.2, 0.25) is 0 Å². The Morgan fingerprint density at radius 1 is 1.33 bits per heavy atom. The minimum atomic E-state index is -0.360. The molecule has 1 aromatic rings. The summed E-state index contributed by atoms with van der Waals surface area (Å²) in [7, 11) is 0. The Balaban J connectivity index is 1.71. The van der Waals surface area contributed by atoms with Crippen LogP contribution in [0, 0.1) is 0 Å². The van der Waals surface area contributed by atoms with Crippen LogP contribution in [0.25, 0.3) is 0 Å². The molecule has 82 valence electrons. The van der Waals surface area contributed by atoms with Gasteiger partial charge in [-0.15, -0.1) is 0 Å². The molecule has 1 saturated heterocycles. The predicted octanol–water partition coefficient (Wildman–Crippen LogP) is 1.35. The Labute approximate surface area is 89.6 Å². The lowest BCUT2D eigenvalue weighted by atomic mass is 10.2. The van der Waals surface area contributed by atoms with Gasteiger partial charge in [-0.3, -0.25) is 0 Å². The summed E-state index contributed by atoms with van der Waals surface area (Å²) in [6, 6.07) is 9.99. The highest BCUT2D eigenvalue weighted by molar-refractivity contribution is 5.13. The SMILES string of the molecule is O[C@@H]1CCO[C@@H]1COCc1ccccc1. The maximum atomic E-state index is 9.48. The summed E-state index contributed by atoms with van der Waals surface area (Å²) in [4.78, 5) is 0. The van der Waals surface area contributed by atoms with Gasteiger partial charge in [-0.2, -0.15) is 0 Å². The van der Waals surface area contributed by atoms with E-state index in [0.29, 0.717) is 19.8 Å². The molecule has 2 atom stereocenters. The molecule has 0 unspecified atom stereocenters. The zero-order valence-corrected chi connectivity index (χ0v) is 8.63. The lowest BCUT2D eigenvalue weighted by Crippen LogP contribution is -2.26. The van der Waals surface area contributed by atoms with Crippen LogP contribution in [0.3, 0.4) is 0 Å². The van der Waals surface area contributed by atoms with Crippen LogP contribution in [0.1, 0.15) is 12.0 Å². The lowest BCUT2D eigenvalue weighted by molar-refractivity contribution is -0.0288. The van der Waals surface area contributed by atoms with Gasteiger partial charge < -0.3 is 14.6 Å². The molecule has 2 rings (SSSR count). The Hall–Kier alpha value is -0.900. The van der Waals surface area contributed by atoms with E-state index in [9.17, 15) is 5.11 Å². The molecule has 0 spiro atoms. The Bertz CT molecular complexity index is 286. The highest BCUT2D eigenvalue weighted by Gasteiger charge is 2.25. The molecule has 3 nitrogen and oxygen atoms in total. The Morgan fingerprint density at radius 2 is 2.13 bits per heavy atom. The fourth-order valence-electron chi connectivity index (χ4n) is 1.66. The van der Waals surface area contributed by atoms with Crippen molar-refractivity contribution in [2.75, 3.05) is 13.2 Å². The van der Waals surface area contributed by atoms with E-state index < -0.39 is 0 Å². The molecule has 0 radical (unpaired) electrons. The topological polar surface area (TPSA) is 38.7 Å². The number of benzene rings is 1. The molecule has 0 aromatic heterocycles. The van der Waals surface area contributed by atoms with Crippen molar-refractivity contribution in [2.24, 2.45) is 0 Å². The molecule has 1 heterocycles. The highest BCUT2D eigenvalue weighted by atomic mass is 16.5. The van der Waals surface area contributed by atoms with E-state index in [1.807, 2.05) is 30.3 Å². The second-order valence-corrected chi connectivity index (χ2v) is 3.77. The molecule has 0 amide bonds. The predicted molar refractivity (Wildman–Crippen MR) is 56.5 cm³/mol. The number of hydrogen-bond donors (Lipinski definition) is 1. The van der Waals surface area contributed by atoms with Gasteiger partial charge in [0.05, 0.1) is 19.3 Å². The van der Waals surface area contributed by atoms with Crippen LogP contribution < -0.4 is 0 Å². The smallest absolute Gasteiger partial charge is 0.107 e. The van der Waals surface area contributed by atoms with Gasteiger partial charge in [-0.1, -0.05) is 30.3 Å². The fraction of sp³-hybridized carbons (Fsp3) is 0.500. The summed E-state index contributed by atoms with van der Waals surface area (Å²) < 4.78 is 10.8. The van der Waals surface area contributed by atoms with Crippen molar-refractivity contribution in [3.05, 3.63) is 35.9 Å². The number of aliphatic hydroxyl groups excluding tert-OH is 1. The third kappa shape index (κ3) is 3.02. The molecule has 1 fully saturated rings. The summed E-state index contributed by atoms with van der Waals surface area (Å²) >= 11 is 0. The monoisotopic (exact) mass is 208 g/mol. The van der Waals surface area contributed by atoms with E-state index in [1.54, 1.807) is 0 Å². The fourth-order valence-corrected chi connectivity index (χ4v) is 1.66. The average molecular weight is 208 g/mol. The van der Waals surface area contributed by atoms with Crippen molar-refractivity contribution in [1.29, 1.82) is 0 Å². The van der Waals surface area contributed by atoms with Crippen LogP contribution in [0.2, 0.25) is 0 Å². The van der Waals surface area contributed by atoms with E-state index in [0.717, 1.165) is 12.0 Å². The molecule has 1 N–H and O–H groups in total. The number of aliphatic hydroxyl groups is 1. The largest absolute Gasteiger partial charge is 0.390 e. The molecule has 0 aliphatic carbocycles. The van der Waals surface area contributed by atoms with Crippen LogP contribution in [0.5, 0.6) is 0 Å². The summed E-state index contributed by atoms with van der Waals surface area (Å²) in [5.41, 5.74) is 1.14. The van der Waals surface area contributed by atoms with Gasteiger partial charge in [0.15, 0.2) is 0 Å². The first-order valence-corrected chi connectivity index (χ1v) is 5.27. The van der Waals surface area contributed by atoms with Crippen molar-refractivity contribution in [1.82, 2.24) is 0 Å². The van der Waals surface area contributed by atoms with E-state index in [1.165, 1.54) is 0 Å². The van der Waals surface area contributed by atoms with Crippen LogP contribution in [-0.2, 0) is 16.1 Å². The third-order valence-corrected chi connectivity index (χ3v) is 2.57. The Morgan fingerprint density at radius 3 is 2.80 bits per heavy atom. The number of hydrogen-bond acceptors (Lipinski definition) is 3. The second kappa shape index (κ2) is 5.26. The van der Waals surface area contributed by atoms with Gasteiger partial charge in [-0.25, -0.2) is 0 Å². The molecule has 0 bridgehead atoms. The summed E-state index contributed by atoms with van der Waals surface area (Å²) in [6.07, 6.45) is 0.216. The standard InChI is InChI=1S/C12H16O3/c13-11-6-7-15-12(11)9-14-8-10-4-2-1-3-5-10/h1-5,11-13H,6-9H2/t11-,12-/m1/s1. The van der Waals surface area contributed by atoms with Crippen molar-refractivity contribution in [3.8, 4) is 0 Å². The summed E-state index contributed by atoms with van der Waals surface area (Å²) in [5.74, 6) is 0. The van der Waals surface area contributed by atoms with Crippen LogP contribution >= 0.6 is 0 Å². The molecular weight excluding hydrogens is 192 g/mol.